The van der Waals surface area contributed by atoms with Crippen molar-refractivity contribution in [1.82, 2.24) is 0 Å². The van der Waals surface area contributed by atoms with E-state index in [2.05, 4.69) is 21.2 Å². The van der Waals surface area contributed by atoms with Gasteiger partial charge in [0.05, 0.1) is 10.6 Å². The molecule has 2 aromatic rings. The summed E-state index contributed by atoms with van der Waals surface area (Å²) in [6.45, 7) is 0. The first-order chi connectivity index (χ1) is 10.1. The summed E-state index contributed by atoms with van der Waals surface area (Å²) >= 11 is 3.34. The summed E-state index contributed by atoms with van der Waals surface area (Å²) < 4.78 is 0.794. The van der Waals surface area contributed by atoms with Crippen molar-refractivity contribution in [2.75, 3.05) is 5.32 Å². The molecule has 1 amide bonds. The number of non-ortho nitro benzene ring substituents is 1. The molecule has 0 saturated carbocycles. The van der Waals surface area contributed by atoms with E-state index in [1.165, 1.54) is 18.2 Å². The number of rotatable bonds is 4. The summed E-state index contributed by atoms with van der Waals surface area (Å²) in [4.78, 5) is 21.9. The number of nitro groups is 1. The molecule has 0 radical (unpaired) electrons. The van der Waals surface area contributed by atoms with Crippen LogP contribution < -0.4 is 5.32 Å². The molecule has 0 heterocycles. The standard InChI is InChI=1S/C15H11BrN2O3/c16-13-3-1-2-4-14(13)17-15(19)10-7-11-5-8-12(9-6-11)18(20)21/h1-10H,(H,17,19). The second-order valence-electron chi connectivity index (χ2n) is 4.15. The molecule has 1 N–H and O–H groups in total. The van der Waals surface area contributed by atoms with Crippen molar-refractivity contribution in [3.63, 3.8) is 0 Å². The van der Waals surface area contributed by atoms with Crippen LogP contribution in [0, 0.1) is 10.1 Å². The summed E-state index contributed by atoms with van der Waals surface area (Å²) in [6, 6.07) is 13.2. The number of nitrogens with zero attached hydrogens (tertiary/aromatic N) is 1. The Kier molecular flexibility index (Phi) is 4.84. The lowest BCUT2D eigenvalue weighted by molar-refractivity contribution is -0.384. The third-order valence-corrected chi connectivity index (χ3v) is 3.35. The van der Waals surface area contributed by atoms with Gasteiger partial charge in [-0.15, -0.1) is 0 Å². The maximum atomic E-state index is 11.8. The molecule has 0 aliphatic heterocycles. The molecule has 0 aliphatic carbocycles. The van der Waals surface area contributed by atoms with E-state index >= 15 is 0 Å². The first-order valence-corrected chi connectivity index (χ1v) is 6.83. The summed E-state index contributed by atoms with van der Waals surface area (Å²) in [5, 5.41) is 13.3. The van der Waals surface area contributed by atoms with Gasteiger partial charge in [-0.05, 0) is 51.8 Å². The molecule has 2 rings (SSSR count). The van der Waals surface area contributed by atoms with Crippen molar-refractivity contribution in [2.24, 2.45) is 0 Å². The lowest BCUT2D eigenvalue weighted by Crippen LogP contribution is -2.07. The van der Waals surface area contributed by atoms with E-state index in [0.717, 1.165) is 4.47 Å². The van der Waals surface area contributed by atoms with E-state index < -0.39 is 4.92 Å². The zero-order chi connectivity index (χ0) is 15.2. The third-order valence-electron chi connectivity index (χ3n) is 2.66. The molecule has 0 atom stereocenters. The number of nitrogens with one attached hydrogen (secondary N) is 1. The lowest BCUT2D eigenvalue weighted by atomic mass is 10.2. The highest BCUT2D eigenvalue weighted by molar-refractivity contribution is 9.10. The van der Waals surface area contributed by atoms with E-state index in [1.54, 1.807) is 24.3 Å². The van der Waals surface area contributed by atoms with Crippen molar-refractivity contribution >= 4 is 39.3 Å². The Labute approximate surface area is 129 Å². The lowest BCUT2D eigenvalue weighted by Gasteiger charge is -2.03. The molecule has 0 aliphatic rings. The van der Waals surface area contributed by atoms with Gasteiger partial charge in [0.25, 0.3) is 5.69 Å². The first-order valence-electron chi connectivity index (χ1n) is 6.04. The van der Waals surface area contributed by atoms with Gasteiger partial charge in [-0.25, -0.2) is 0 Å². The van der Waals surface area contributed by atoms with Gasteiger partial charge in [0.2, 0.25) is 5.91 Å². The summed E-state index contributed by atoms with van der Waals surface area (Å²) in [6.07, 6.45) is 2.97. The maximum absolute atomic E-state index is 11.8. The number of benzene rings is 2. The predicted molar refractivity (Wildman–Crippen MR) is 84.9 cm³/mol. The van der Waals surface area contributed by atoms with Gasteiger partial charge in [0.1, 0.15) is 0 Å². The molecule has 0 fully saturated rings. The highest BCUT2D eigenvalue weighted by Crippen LogP contribution is 2.21. The largest absolute Gasteiger partial charge is 0.321 e. The Bertz CT molecular complexity index is 696. The van der Waals surface area contributed by atoms with Crippen LogP contribution in [0.4, 0.5) is 11.4 Å². The zero-order valence-electron chi connectivity index (χ0n) is 10.8. The number of para-hydroxylation sites is 1. The fourth-order valence-corrected chi connectivity index (χ4v) is 2.00. The molecule has 2 aromatic carbocycles. The van der Waals surface area contributed by atoms with Crippen LogP contribution in [-0.4, -0.2) is 10.8 Å². The number of amides is 1. The molecule has 0 aromatic heterocycles. The third kappa shape index (κ3) is 4.25. The van der Waals surface area contributed by atoms with Crippen molar-refractivity contribution in [3.05, 3.63) is 74.8 Å². The second-order valence-corrected chi connectivity index (χ2v) is 5.01. The molecule has 0 spiro atoms. The molecular formula is C15H11BrN2O3. The Morgan fingerprint density at radius 3 is 2.43 bits per heavy atom. The number of hydrogen-bond donors (Lipinski definition) is 1. The van der Waals surface area contributed by atoms with Crippen molar-refractivity contribution < 1.29 is 9.72 Å². The first kappa shape index (κ1) is 14.9. The summed E-state index contributed by atoms with van der Waals surface area (Å²) in [5.74, 6) is -0.278. The van der Waals surface area contributed by atoms with Crippen molar-refractivity contribution in [3.8, 4) is 0 Å². The van der Waals surface area contributed by atoms with E-state index in [1.807, 2.05) is 18.2 Å². The maximum Gasteiger partial charge on any atom is 0.269 e. The number of hydrogen-bond acceptors (Lipinski definition) is 3. The number of halogens is 1. The average molecular weight is 347 g/mol. The Balaban J connectivity index is 2.02. The van der Waals surface area contributed by atoms with Crippen LogP contribution >= 0.6 is 15.9 Å². The Hall–Kier alpha value is -2.47. The normalized spacial score (nSPS) is 10.5. The summed E-state index contributed by atoms with van der Waals surface area (Å²) in [7, 11) is 0. The molecule has 0 bridgehead atoms. The molecule has 0 saturated heterocycles. The number of carbonyl (C=O) groups excluding carboxylic acids is 1. The highest BCUT2D eigenvalue weighted by atomic mass is 79.9. The minimum atomic E-state index is -0.465. The number of carbonyl (C=O) groups is 1. The Morgan fingerprint density at radius 2 is 1.81 bits per heavy atom. The molecular weight excluding hydrogens is 336 g/mol. The fourth-order valence-electron chi connectivity index (χ4n) is 1.62. The van der Waals surface area contributed by atoms with Crippen LogP contribution in [-0.2, 0) is 4.79 Å². The molecule has 6 heteroatoms. The van der Waals surface area contributed by atoms with Crippen LogP contribution in [0.15, 0.2) is 59.1 Å². The highest BCUT2D eigenvalue weighted by Gasteiger charge is 2.03. The van der Waals surface area contributed by atoms with Gasteiger partial charge in [-0.3, -0.25) is 14.9 Å². The SMILES string of the molecule is O=C(C=Cc1ccc([N+](=O)[O-])cc1)Nc1ccccc1Br. The molecule has 0 unspecified atom stereocenters. The predicted octanol–water partition coefficient (Wildman–Crippen LogP) is 4.01. The van der Waals surface area contributed by atoms with E-state index in [-0.39, 0.29) is 11.6 Å². The van der Waals surface area contributed by atoms with Crippen molar-refractivity contribution in [2.45, 2.75) is 0 Å². The van der Waals surface area contributed by atoms with E-state index in [9.17, 15) is 14.9 Å². The van der Waals surface area contributed by atoms with Gasteiger partial charge < -0.3 is 5.32 Å². The van der Waals surface area contributed by atoms with Crippen LogP contribution in [0.5, 0.6) is 0 Å². The average Bonchev–Trinajstić information content (AvgIpc) is 2.48. The smallest absolute Gasteiger partial charge is 0.269 e. The van der Waals surface area contributed by atoms with Gasteiger partial charge in [0.15, 0.2) is 0 Å². The van der Waals surface area contributed by atoms with Gasteiger partial charge in [-0.1, -0.05) is 12.1 Å². The molecule has 5 nitrogen and oxygen atoms in total. The van der Waals surface area contributed by atoms with E-state index in [4.69, 9.17) is 0 Å². The zero-order valence-corrected chi connectivity index (χ0v) is 12.4. The van der Waals surface area contributed by atoms with Crippen LogP contribution in [0.3, 0.4) is 0 Å². The van der Waals surface area contributed by atoms with Crippen LogP contribution in [0.25, 0.3) is 6.08 Å². The quantitative estimate of drug-likeness (QED) is 0.516. The monoisotopic (exact) mass is 346 g/mol. The van der Waals surface area contributed by atoms with E-state index in [0.29, 0.717) is 11.3 Å². The topological polar surface area (TPSA) is 72.2 Å². The van der Waals surface area contributed by atoms with Crippen LogP contribution in [0.2, 0.25) is 0 Å². The molecule has 106 valence electrons. The number of nitro benzene ring substituents is 1. The van der Waals surface area contributed by atoms with Gasteiger partial charge in [-0.2, -0.15) is 0 Å². The second kappa shape index (κ2) is 6.81. The van der Waals surface area contributed by atoms with Gasteiger partial charge in [0, 0.05) is 22.7 Å². The fraction of sp³-hybridized carbons (Fsp3) is 0. The van der Waals surface area contributed by atoms with Crippen molar-refractivity contribution in [1.29, 1.82) is 0 Å². The summed E-state index contributed by atoms with van der Waals surface area (Å²) in [5.41, 5.74) is 1.41. The minimum absolute atomic E-state index is 0.0183. The number of anilines is 1. The van der Waals surface area contributed by atoms with Crippen LogP contribution in [0.1, 0.15) is 5.56 Å². The minimum Gasteiger partial charge on any atom is -0.321 e. The van der Waals surface area contributed by atoms with Gasteiger partial charge >= 0.3 is 0 Å². The molecule has 21 heavy (non-hydrogen) atoms. The Morgan fingerprint density at radius 1 is 1.14 bits per heavy atom.